The van der Waals surface area contributed by atoms with Crippen molar-refractivity contribution in [2.75, 3.05) is 36.4 Å². The second kappa shape index (κ2) is 8.65. The van der Waals surface area contributed by atoms with E-state index < -0.39 is 0 Å². The molecule has 2 amide bonds. The molecule has 0 aromatic heterocycles. The molecule has 6 heteroatoms. The summed E-state index contributed by atoms with van der Waals surface area (Å²) in [6.45, 7) is 2.57. The van der Waals surface area contributed by atoms with E-state index in [4.69, 9.17) is 4.74 Å². The third-order valence-electron chi connectivity index (χ3n) is 4.86. The van der Waals surface area contributed by atoms with Crippen LogP contribution in [-0.4, -0.2) is 37.1 Å². The summed E-state index contributed by atoms with van der Waals surface area (Å²) in [5.74, 6) is 1.06. The maximum atomic E-state index is 13.1. The number of benzene rings is 3. The Morgan fingerprint density at radius 1 is 0.828 bits per heavy atom. The Labute approximate surface area is 169 Å². The van der Waals surface area contributed by atoms with Crippen molar-refractivity contribution in [2.45, 2.75) is 0 Å². The number of hydrogen-bond donors (Lipinski definition) is 1. The lowest BCUT2D eigenvalue weighted by Gasteiger charge is -2.36. The van der Waals surface area contributed by atoms with Crippen LogP contribution < -0.4 is 15.0 Å². The number of carbonyl (C=O) groups is 1. The number of urea groups is 1. The molecule has 3 aromatic rings. The largest absolute Gasteiger partial charge is 0.455 e. The zero-order valence-electron chi connectivity index (χ0n) is 15.9. The molecule has 0 unspecified atom stereocenters. The Bertz CT molecular complexity index is 955. The van der Waals surface area contributed by atoms with E-state index in [1.807, 2.05) is 54.6 Å². The predicted octanol–water partition coefficient (Wildman–Crippen LogP) is 4.97. The first-order valence-corrected chi connectivity index (χ1v) is 9.57. The van der Waals surface area contributed by atoms with E-state index in [0.717, 1.165) is 5.69 Å². The highest BCUT2D eigenvalue weighted by atomic mass is 19.1. The summed E-state index contributed by atoms with van der Waals surface area (Å²) in [5.41, 5.74) is 1.59. The molecule has 0 bridgehead atoms. The van der Waals surface area contributed by atoms with Gasteiger partial charge in [0, 0.05) is 31.9 Å². The first kappa shape index (κ1) is 18.8. The van der Waals surface area contributed by atoms with Crippen molar-refractivity contribution in [2.24, 2.45) is 0 Å². The Balaban J connectivity index is 1.37. The number of ether oxygens (including phenoxy) is 1. The molecule has 0 saturated carbocycles. The third-order valence-corrected chi connectivity index (χ3v) is 4.86. The Morgan fingerprint density at radius 2 is 1.48 bits per heavy atom. The molecular formula is C23H22FN3O2. The molecule has 1 saturated heterocycles. The summed E-state index contributed by atoms with van der Waals surface area (Å²) in [5, 5.41) is 2.96. The molecule has 0 radical (unpaired) electrons. The van der Waals surface area contributed by atoms with Crippen LogP contribution in [-0.2, 0) is 0 Å². The van der Waals surface area contributed by atoms with Gasteiger partial charge in [0.05, 0.1) is 5.69 Å². The van der Waals surface area contributed by atoms with Crippen molar-refractivity contribution in [3.63, 3.8) is 0 Å². The van der Waals surface area contributed by atoms with Gasteiger partial charge in [0.1, 0.15) is 11.6 Å². The second-order valence-electron chi connectivity index (χ2n) is 6.79. The van der Waals surface area contributed by atoms with E-state index in [1.54, 1.807) is 17.0 Å². The highest BCUT2D eigenvalue weighted by molar-refractivity contribution is 5.91. The van der Waals surface area contributed by atoms with Crippen molar-refractivity contribution >= 4 is 17.4 Å². The van der Waals surface area contributed by atoms with Gasteiger partial charge in [0.25, 0.3) is 0 Å². The minimum atomic E-state index is -0.247. The summed E-state index contributed by atoms with van der Waals surface area (Å²) < 4.78 is 19.0. The molecular weight excluding hydrogens is 369 g/mol. The standard InChI is InChI=1S/C23H22FN3O2/c24-18-10-12-19(13-11-18)26-14-16-27(17-15-26)23(28)25-21-8-4-5-9-22(21)29-20-6-2-1-3-7-20/h1-13H,14-17H2,(H,25,28). The van der Waals surface area contributed by atoms with Crippen LogP contribution in [0.3, 0.4) is 0 Å². The van der Waals surface area contributed by atoms with Crippen molar-refractivity contribution in [3.8, 4) is 11.5 Å². The quantitative estimate of drug-likeness (QED) is 0.683. The highest BCUT2D eigenvalue weighted by Crippen LogP contribution is 2.29. The molecule has 148 valence electrons. The third kappa shape index (κ3) is 4.66. The van der Waals surface area contributed by atoms with Gasteiger partial charge in [-0.05, 0) is 48.5 Å². The zero-order chi connectivity index (χ0) is 20.1. The fourth-order valence-corrected chi connectivity index (χ4v) is 3.29. The number of piperazine rings is 1. The van der Waals surface area contributed by atoms with Gasteiger partial charge in [0.15, 0.2) is 5.75 Å². The van der Waals surface area contributed by atoms with E-state index in [9.17, 15) is 9.18 Å². The van der Waals surface area contributed by atoms with Crippen molar-refractivity contribution in [1.29, 1.82) is 0 Å². The molecule has 29 heavy (non-hydrogen) atoms. The maximum Gasteiger partial charge on any atom is 0.322 e. The maximum absolute atomic E-state index is 13.1. The number of nitrogens with one attached hydrogen (secondary N) is 1. The number of carbonyl (C=O) groups excluding carboxylic acids is 1. The molecule has 1 aliphatic heterocycles. The first-order chi connectivity index (χ1) is 14.2. The van der Waals surface area contributed by atoms with Crippen LogP contribution in [0.5, 0.6) is 11.5 Å². The fourth-order valence-electron chi connectivity index (χ4n) is 3.29. The van der Waals surface area contributed by atoms with Crippen LogP contribution in [0, 0.1) is 5.82 Å². The van der Waals surface area contributed by atoms with Gasteiger partial charge in [0.2, 0.25) is 0 Å². The number of rotatable bonds is 4. The first-order valence-electron chi connectivity index (χ1n) is 9.57. The van der Waals surface area contributed by atoms with Gasteiger partial charge in [-0.25, -0.2) is 9.18 Å². The van der Waals surface area contributed by atoms with E-state index >= 15 is 0 Å². The molecule has 3 aromatic carbocycles. The summed E-state index contributed by atoms with van der Waals surface area (Å²) >= 11 is 0. The number of hydrogen-bond acceptors (Lipinski definition) is 3. The van der Waals surface area contributed by atoms with Crippen LogP contribution in [0.4, 0.5) is 20.6 Å². The number of anilines is 2. The number of para-hydroxylation sites is 3. The lowest BCUT2D eigenvalue weighted by Crippen LogP contribution is -2.50. The van der Waals surface area contributed by atoms with Gasteiger partial charge in [-0.3, -0.25) is 0 Å². The fraction of sp³-hybridized carbons (Fsp3) is 0.174. The van der Waals surface area contributed by atoms with E-state index in [0.29, 0.717) is 43.4 Å². The molecule has 1 N–H and O–H groups in total. The van der Waals surface area contributed by atoms with E-state index in [1.165, 1.54) is 12.1 Å². The van der Waals surface area contributed by atoms with Crippen molar-refractivity contribution in [1.82, 2.24) is 4.90 Å². The Hall–Kier alpha value is -3.54. The van der Waals surface area contributed by atoms with Gasteiger partial charge in [-0.1, -0.05) is 30.3 Å². The molecule has 4 rings (SSSR count). The van der Waals surface area contributed by atoms with Crippen LogP contribution in [0.25, 0.3) is 0 Å². The molecule has 1 aliphatic rings. The molecule has 5 nitrogen and oxygen atoms in total. The van der Waals surface area contributed by atoms with Crippen LogP contribution in [0.2, 0.25) is 0 Å². The predicted molar refractivity (Wildman–Crippen MR) is 112 cm³/mol. The average Bonchev–Trinajstić information content (AvgIpc) is 2.76. The minimum Gasteiger partial charge on any atom is -0.455 e. The highest BCUT2D eigenvalue weighted by Gasteiger charge is 2.22. The van der Waals surface area contributed by atoms with Gasteiger partial charge < -0.3 is 19.9 Å². The SMILES string of the molecule is O=C(Nc1ccccc1Oc1ccccc1)N1CCN(c2ccc(F)cc2)CC1. The zero-order valence-corrected chi connectivity index (χ0v) is 15.9. The summed E-state index contributed by atoms with van der Waals surface area (Å²) in [6.07, 6.45) is 0. The lowest BCUT2D eigenvalue weighted by molar-refractivity contribution is 0.208. The van der Waals surface area contributed by atoms with Crippen LogP contribution in [0.1, 0.15) is 0 Å². The van der Waals surface area contributed by atoms with Crippen LogP contribution >= 0.6 is 0 Å². The molecule has 0 aliphatic carbocycles. The van der Waals surface area contributed by atoms with Crippen molar-refractivity contribution in [3.05, 3.63) is 84.7 Å². The topological polar surface area (TPSA) is 44.8 Å². The van der Waals surface area contributed by atoms with Gasteiger partial charge in [-0.15, -0.1) is 0 Å². The van der Waals surface area contributed by atoms with Gasteiger partial charge in [-0.2, -0.15) is 0 Å². The second-order valence-corrected chi connectivity index (χ2v) is 6.79. The Kier molecular flexibility index (Phi) is 5.61. The molecule has 0 spiro atoms. The Morgan fingerprint density at radius 3 is 2.21 bits per heavy atom. The smallest absolute Gasteiger partial charge is 0.322 e. The minimum absolute atomic E-state index is 0.159. The average molecular weight is 391 g/mol. The number of nitrogens with zero attached hydrogens (tertiary/aromatic N) is 2. The summed E-state index contributed by atoms with van der Waals surface area (Å²) in [4.78, 5) is 16.7. The van der Waals surface area contributed by atoms with E-state index in [2.05, 4.69) is 10.2 Å². The monoisotopic (exact) mass is 391 g/mol. The summed E-state index contributed by atoms with van der Waals surface area (Å²) in [6, 6.07) is 23.1. The number of amides is 2. The number of halogens is 1. The van der Waals surface area contributed by atoms with E-state index in [-0.39, 0.29) is 11.8 Å². The normalized spacial score (nSPS) is 13.8. The molecule has 1 heterocycles. The van der Waals surface area contributed by atoms with Crippen molar-refractivity contribution < 1.29 is 13.9 Å². The van der Waals surface area contributed by atoms with Gasteiger partial charge >= 0.3 is 6.03 Å². The molecule has 0 atom stereocenters. The lowest BCUT2D eigenvalue weighted by atomic mass is 10.2. The summed E-state index contributed by atoms with van der Waals surface area (Å²) in [7, 11) is 0. The van der Waals surface area contributed by atoms with Crippen LogP contribution in [0.15, 0.2) is 78.9 Å². The molecule has 1 fully saturated rings.